The van der Waals surface area contributed by atoms with Gasteiger partial charge in [0.2, 0.25) is 5.91 Å². The summed E-state index contributed by atoms with van der Waals surface area (Å²) in [5.41, 5.74) is 7.01. The fraction of sp³-hybridized carbons (Fsp3) is 0.296. The van der Waals surface area contributed by atoms with Crippen LogP contribution < -0.4 is 10.2 Å². The Morgan fingerprint density at radius 2 is 1.78 bits per heavy atom. The first-order chi connectivity index (χ1) is 18.1. The van der Waals surface area contributed by atoms with Crippen LogP contribution in [0.15, 0.2) is 49.2 Å². The summed E-state index contributed by atoms with van der Waals surface area (Å²) >= 11 is 0. The molecular weight excluding hydrogens is 466 g/mol. The molecule has 186 valence electrons. The molecule has 1 aliphatic carbocycles. The Labute approximate surface area is 213 Å². The Hall–Kier alpha value is -4.31. The fourth-order valence-corrected chi connectivity index (χ4v) is 4.98. The highest BCUT2D eigenvalue weighted by Crippen LogP contribution is 2.34. The van der Waals surface area contributed by atoms with Gasteiger partial charge < -0.3 is 20.1 Å². The average molecular weight is 494 g/mol. The second-order valence-electron chi connectivity index (χ2n) is 10.0. The predicted octanol–water partition coefficient (Wildman–Crippen LogP) is 3.66. The molecule has 1 amide bonds. The number of H-pyrrole nitrogens is 2. The predicted molar refractivity (Wildman–Crippen MR) is 143 cm³/mol. The molecule has 3 N–H and O–H groups in total. The number of hydrogen-bond acceptors (Lipinski definition) is 7. The molecule has 7 rings (SSSR count). The van der Waals surface area contributed by atoms with Crippen molar-refractivity contribution in [3.8, 4) is 22.6 Å². The van der Waals surface area contributed by atoms with Crippen molar-refractivity contribution in [2.75, 3.05) is 43.4 Å². The Balaban J connectivity index is 1.24. The van der Waals surface area contributed by atoms with Crippen LogP contribution in [0, 0.1) is 5.92 Å². The molecule has 2 aliphatic rings. The first-order valence-electron chi connectivity index (χ1n) is 12.6. The molecule has 5 aromatic heterocycles. The number of likely N-dealkylation sites (N-methyl/N-ethyl adjacent to an activating group) is 1. The molecule has 0 radical (unpaired) electrons. The van der Waals surface area contributed by atoms with Gasteiger partial charge >= 0.3 is 0 Å². The minimum Gasteiger partial charge on any atom is -0.367 e. The third kappa shape index (κ3) is 4.09. The molecule has 0 unspecified atom stereocenters. The van der Waals surface area contributed by atoms with Gasteiger partial charge in [0.1, 0.15) is 5.69 Å². The van der Waals surface area contributed by atoms with Gasteiger partial charge in [-0.2, -0.15) is 5.10 Å². The summed E-state index contributed by atoms with van der Waals surface area (Å²) < 4.78 is 0. The summed E-state index contributed by atoms with van der Waals surface area (Å²) in [5, 5.41) is 12.8. The van der Waals surface area contributed by atoms with Crippen LogP contribution in [-0.4, -0.2) is 74.2 Å². The number of aromatic nitrogens is 6. The number of anilines is 2. The molecule has 1 saturated carbocycles. The highest BCUT2D eigenvalue weighted by atomic mass is 16.2. The molecule has 2 fully saturated rings. The molecule has 10 heteroatoms. The van der Waals surface area contributed by atoms with Crippen molar-refractivity contribution in [2.45, 2.75) is 12.8 Å². The topological polar surface area (TPSA) is 119 Å². The van der Waals surface area contributed by atoms with E-state index in [9.17, 15) is 4.79 Å². The zero-order valence-corrected chi connectivity index (χ0v) is 20.5. The third-order valence-electron chi connectivity index (χ3n) is 7.32. The standard InChI is InChI=1S/C27H27N9O/c1-35-4-6-36(7-5-35)25-15-29-13-23-19(25)9-22(32-23)26-20-10-21(30-14-24(20)33-34-26)17-8-18(12-28-11-17)31-27(37)16-2-3-16/h8-16,32H,2-7H2,1H3,(H,31,37)(H,33,34). The SMILES string of the molecule is CN1CCN(c2cncc3[nH]c(-c4n[nH]c5cnc(-c6cncc(NC(=O)C7CC7)c6)cc45)cc23)CC1. The van der Waals surface area contributed by atoms with E-state index in [-0.39, 0.29) is 11.8 Å². The lowest BCUT2D eigenvalue weighted by Crippen LogP contribution is -2.44. The molecule has 5 aromatic rings. The number of hydrogen-bond donors (Lipinski definition) is 3. The summed E-state index contributed by atoms with van der Waals surface area (Å²) in [6.45, 7) is 4.03. The van der Waals surface area contributed by atoms with Crippen LogP contribution in [0.2, 0.25) is 0 Å². The van der Waals surface area contributed by atoms with Crippen LogP contribution in [0.4, 0.5) is 11.4 Å². The van der Waals surface area contributed by atoms with E-state index in [0.717, 1.165) is 89.2 Å². The van der Waals surface area contributed by atoms with Crippen molar-refractivity contribution in [3.63, 3.8) is 0 Å². The molecular formula is C27H27N9O. The number of carbonyl (C=O) groups excluding carboxylic acids is 1. The van der Waals surface area contributed by atoms with Crippen molar-refractivity contribution in [1.29, 1.82) is 0 Å². The van der Waals surface area contributed by atoms with Gasteiger partial charge in [0, 0.05) is 54.6 Å². The number of pyridine rings is 3. The number of nitrogens with zero attached hydrogens (tertiary/aromatic N) is 6. The number of rotatable bonds is 5. The van der Waals surface area contributed by atoms with E-state index in [2.05, 4.69) is 58.4 Å². The minimum absolute atomic E-state index is 0.0590. The molecule has 1 aliphatic heterocycles. The third-order valence-corrected chi connectivity index (χ3v) is 7.32. The van der Waals surface area contributed by atoms with E-state index in [1.807, 2.05) is 24.5 Å². The van der Waals surface area contributed by atoms with Gasteiger partial charge in [-0.3, -0.25) is 24.8 Å². The summed E-state index contributed by atoms with van der Waals surface area (Å²) in [7, 11) is 2.16. The summed E-state index contributed by atoms with van der Waals surface area (Å²) in [6.07, 6.45) is 11.0. The van der Waals surface area contributed by atoms with E-state index in [0.29, 0.717) is 5.69 Å². The molecule has 10 nitrogen and oxygen atoms in total. The smallest absolute Gasteiger partial charge is 0.227 e. The highest BCUT2D eigenvalue weighted by molar-refractivity contribution is 6.00. The number of aromatic amines is 2. The Morgan fingerprint density at radius 3 is 2.62 bits per heavy atom. The van der Waals surface area contributed by atoms with Gasteiger partial charge in [-0.15, -0.1) is 0 Å². The largest absolute Gasteiger partial charge is 0.367 e. The molecule has 0 atom stereocenters. The first-order valence-corrected chi connectivity index (χ1v) is 12.6. The minimum atomic E-state index is 0.0590. The lowest BCUT2D eigenvalue weighted by molar-refractivity contribution is -0.117. The lowest BCUT2D eigenvalue weighted by Gasteiger charge is -2.34. The maximum Gasteiger partial charge on any atom is 0.227 e. The van der Waals surface area contributed by atoms with Gasteiger partial charge in [0.05, 0.1) is 58.6 Å². The maximum atomic E-state index is 12.2. The van der Waals surface area contributed by atoms with Crippen LogP contribution in [0.5, 0.6) is 0 Å². The van der Waals surface area contributed by atoms with E-state index in [1.54, 1.807) is 18.6 Å². The number of nitrogens with one attached hydrogen (secondary N) is 3. The number of amides is 1. The van der Waals surface area contributed by atoms with Gasteiger partial charge in [-0.1, -0.05) is 0 Å². The van der Waals surface area contributed by atoms with Crippen molar-refractivity contribution in [1.82, 2.24) is 35.0 Å². The molecule has 6 heterocycles. The van der Waals surface area contributed by atoms with Gasteiger partial charge in [0.15, 0.2) is 0 Å². The lowest BCUT2D eigenvalue weighted by atomic mass is 10.1. The van der Waals surface area contributed by atoms with Crippen molar-refractivity contribution < 1.29 is 4.79 Å². The Morgan fingerprint density at radius 1 is 0.946 bits per heavy atom. The van der Waals surface area contributed by atoms with Crippen LogP contribution in [-0.2, 0) is 4.79 Å². The molecule has 1 saturated heterocycles. The van der Waals surface area contributed by atoms with Crippen LogP contribution in [0.3, 0.4) is 0 Å². The summed E-state index contributed by atoms with van der Waals surface area (Å²) in [4.78, 5) is 33.9. The van der Waals surface area contributed by atoms with Gasteiger partial charge in [-0.25, -0.2) is 0 Å². The highest BCUT2D eigenvalue weighted by Gasteiger charge is 2.29. The van der Waals surface area contributed by atoms with Crippen molar-refractivity contribution >= 4 is 39.1 Å². The molecule has 0 aromatic carbocycles. The van der Waals surface area contributed by atoms with E-state index < -0.39 is 0 Å². The zero-order chi connectivity index (χ0) is 24.9. The number of fused-ring (bicyclic) bond motifs is 2. The zero-order valence-electron chi connectivity index (χ0n) is 20.5. The quantitative estimate of drug-likeness (QED) is 0.342. The van der Waals surface area contributed by atoms with Crippen molar-refractivity contribution in [2.24, 2.45) is 5.92 Å². The Kier molecular flexibility index (Phi) is 5.14. The number of piperazine rings is 1. The maximum absolute atomic E-state index is 12.2. The van der Waals surface area contributed by atoms with Crippen LogP contribution >= 0.6 is 0 Å². The van der Waals surface area contributed by atoms with E-state index >= 15 is 0 Å². The summed E-state index contributed by atoms with van der Waals surface area (Å²) in [5.74, 6) is 0.193. The molecule has 0 spiro atoms. The van der Waals surface area contributed by atoms with Crippen molar-refractivity contribution in [3.05, 3.63) is 49.2 Å². The molecule has 37 heavy (non-hydrogen) atoms. The second kappa shape index (κ2) is 8.67. The van der Waals surface area contributed by atoms with Crippen LogP contribution in [0.25, 0.3) is 44.5 Å². The van der Waals surface area contributed by atoms with Crippen LogP contribution in [0.1, 0.15) is 12.8 Å². The number of carbonyl (C=O) groups is 1. The summed E-state index contributed by atoms with van der Waals surface area (Å²) in [6, 6.07) is 6.09. The molecule has 0 bridgehead atoms. The first kappa shape index (κ1) is 21.9. The average Bonchev–Trinajstić information content (AvgIpc) is 3.55. The van der Waals surface area contributed by atoms with Gasteiger partial charge in [-0.05, 0) is 38.1 Å². The fourth-order valence-electron chi connectivity index (χ4n) is 4.98. The van der Waals surface area contributed by atoms with E-state index in [4.69, 9.17) is 0 Å². The normalized spacial score (nSPS) is 16.5. The van der Waals surface area contributed by atoms with Gasteiger partial charge in [0.25, 0.3) is 0 Å². The second-order valence-corrected chi connectivity index (χ2v) is 10.0. The Bertz CT molecular complexity index is 1630. The van der Waals surface area contributed by atoms with E-state index in [1.165, 1.54) is 0 Å². The monoisotopic (exact) mass is 493 g/mol.